The van der Waals surface area contributed by atoms with Crippen molar-refractivity contribution in [2.45, 2.75) is 53.2 Å². The molecule has 0 bridgehead atoms. The molecule has 0 heterocycles. The fourth-order valence-corrected chi connectivity index (χ4v) is 3.54. The lowest BCUT2D eigenvalue weighted by Gasteiger charge is -2.30. The summed E-state index contributed by atoms with van der Waals surface area (Å²) in [7, 11) is 0. The maximum Gasteiger partial charge on any atom is 0.261 e. The minimum absolute atomic E-state index is 0.0488. The van der Waals surface area contributed by atoms with Crippen LogP contribution in [0.5, 0.6) is 5.75 Å². The molecule has 2 rings (SSSR count). The van der Waals surface area contributed by atoms with E-state index in [0.29, 0.717) is 21.4 Å². The summed E-state index contributed by atoms with van der Waals surface area (Å²) in [6, 6.07) is 10.1. The van der Waals surface area contributed by atoms with Crippen molar-refractivity contribution in [3.8, 4) is 5.75 Å². The number of nitrogens with one attached hydrogen (secondary N) is 1. The van der Waals surface area contributed by atoms with Gasteiger partial charge in [0.25, 0.3) is 5.91 Å². The number of hydrogen-bond acceptors (Lipinski definition) is 3. The number of carbonyl (C=O) groups excluding carboxylic acids is 2. The highest BCUT2D eigenvalue weighted by molar-refractivity contribution is 6.36. The van der Waals surface area contributed by atoms with E-state index in [1.165, 1.54) is 4.90 Å². The molecule has 2 aromatic rings. The van der Waals surface area contributed by atoms with E-state index in [-0.39, 0.29) is 31.0 Å². The lowest BCUT2D eigenvalue weighted by Crippen LogP contribution is -2.50. The zero-order valence-corrected chi connectivity index (χ0v) is 19.5. The molecule has 162 valence electrons. The minimum atomic E-state index is -0.727. The van der Waals surface area contributed by atoms with E-state index in [0.717, 1.165) is 11.1 Å². The number of hydrogen-bond donors (Lipinski definition) is 1. The maximum absolute atomic E-state index is 13.1. The third-order valence-electron chi connectivity index (χ3n) is 4.67. The number of amides is 2. The van der Waals surface area contributed by atoms with E-state index in [9.17, 15) is 9.59 Å². The molecule has 2 amide bonds. The van der Waals surface area contributed by atoms with E-state index >= 15 is 0 Å². The molecule has 1 atom stereocenters. The summed E-state index contributed by atoms with van der Waals surface area (Å²) in [6.45, 7) is 9.22. The van der Waals surface area contributed by atoms with Gasteiger partial charge in [-0.25, -0.2) is 0 Å². The Kier molecular flexibility index (Phi) is 8.56. The molecule has 0 radical (unpaired) electrons. The van der Waals surface area contributed by atoms with Crippen molar-refractivity contribution < 1.29 is 14.3 Å². The molecule has 2 aromatic carbocycles. The van der Waals surface area contributed by atoms with Gasteiger partial charge >= 0.3 is 0 Å². The summed E-state index contributed by atoms with van der Waals surface area (Å²) in [4.78, 5) is 27.1. The Morgan fingerprint density at radius 1 is 1.07 bits per heavy atom. The molecule has 5 nitrogen and oxygen atoms in total. The first-order valence-corrected chi connectivity index (χ1v) is 10.6. The Labute approximate surface area is 188 Å². The summed E-state index contributed by atoms with van der Waals surface area (Å²) in [5.41, 5.74) is 2.64. The minimum Gasteiger partial charge on any atom is -0.483 e. The third kappa shape index (κ3) is 6.38. The monoisotopic (exact) mass is 450 g/mol. The summed E-state index contributed by atoms with van der Waals surface area (Å²) >= 11 is 12.6. The first kappa shape index (κ1) is 24.0. The quantitative estimate of drug-likeness (QED) is 0.619. The van der Waals surface area contributed by atoms with Gasteiger partial charge in [0.15, 0.2) is 6.61 Å². The summed E-state index contributed by atoms with van der Waals surface area (Å²) in [6.07, 6.45) is 0. The molecular weight excluding hydrogens is 423 g/mol. The van der Waals surface area contributed by atoms with Crippen LogP contribution < -0.4 is 10.1 Å². The van der Waals surface area contributed by atoms with Gasteiger partial charge in [0.2, 0.25) is 5.91 Å². The molecule has 0 spiro atoms. The molecule has 0 fully saturated rings. The first-order chi connectivity index (χ1) is 14.1. The van der Waals surface area contributed by atoms with Gasteiger partial charge in [-0.2, -0.15) is 0 Å². The molecule has 0 saturated heterocycles. The van der Waals surface area contributed by atoms with Crippen molar-refractivity contribution in [3.63, 3.8) is 0 Å². The predicted octanol–water partition coefficient (Wildman–Crippen LogP) is 4.93. The van der Waals surface area contributed by atoms with E-state index in [2.05, 4.69) is 5.32 Å². The molecular formula is C23H28Cl2N2O3. The van der Waals surface area contributed by atoms with Crippen molar-refractivity contribution in [1.82, 2.24) is 10.2 Å². The van der Waals surface area contributed by atoms with Crippen LogP contribution in [0.15, 0.2) is 36.4 Å². The zero-order chi connectivity index (χ0) is 22.4. The molecule has 0 unspecified atom stereocenters. The largest absolute Gasteiger partial charge is 0.483 e. The fraction of sp³-hybridized carbons (Fsp3) is 0.391. The van der Waals surface area contributed by atoms with Gasteiger partial charge in [0, 0.05) is 28.2 Å². The molecule has 30 heavy (non-hydrogen) atoms. The van der Waals surface area contributed by atoms with Gasteiger partial charge in [0.05, 0.1) is 0 Å². The standard InChI is InChI=1S/C23H28Cl2N2O3/c1-14(2)26-23(29)17(5)27(12-18-19(24)7-6-8-20(18)25)22(28)13-30-21-10-9-15(3)11-16(21)4/h6-11,14,17H,12-13H2,1-5H3,(H,26,29)/t17-/m1/s1. The van der Waals surface area contributed by atoms with Crippen molar-refractivity contribution in [2.75, 3.05) is 6.61 Å². The number of ether oxygens (including phenoxy) is 1. The second-order valence-electron chi connectivity index (χ2n) is 7.62. The van der Waals surface area contributed by atoms with Crippen molar-refractivity contribution >= 4 is 35.0 Å². The van der Waals surface area contributed by atoms with Crippen molar-refractivity contribution in [3.05, 3.63) is 63.1 Å². The summed E-state index contributed by atoms with van der Waals surface area (Å²) in [5, 5.41) is 3.72. The number of benzene rings is 2. The Hall–Kier alpha value is -2.24. The smallest absolute Gasteiger partial charge is 0.261 e. The van der Waals surface area contributed by atoms with Crippen LogP contribution in [0.3, 0.4) is 0 Å². The molecule has 0 aliphatic carbocycles. The lowest BCUT2D eigenvalue weighted by atomic mass is 10.1. The highest BCUT2D eigenvalue weighted by Gasteiger charge is 2.28. The van der Waals surface area contributed by atoms with Crippen LogP contribution in [0, 0.1) is 13.8 Å². The number of rotatable bonds is 8. The van der Waals surface area contributed by atoms with E-state index in [4.69, 9.17) is 27.9 Å². The van der Waals surface area contributed by atoms with Gasteiger partial charge in [-0.3, -0.25) is 9.59 Å². The van der Waals surface area contributed by atoms with Gasteiger partial charge in [-0.15, -0.1) is 0 Å². The van der Waals surface area contributed by atoms with Crippen LogP contribution in [-0.4, -0.2) is 35.4 Å². The number of aryl methyl sites for hydroxylation is 2. The average molecular weight is 451 g/mol. The molecule has 1 N–H and O–H groups in total. The van der Waals surface area contributed by atoms with E-state index in [1.54, 1.807) is 25.1 Å². The lowest BCUT2D eigenvalue weighted by molar-refractivity contribution is -0.142. The highest BCUT2D eigenvalue weighted by Crippen LogP contribution is 2.27. The average Bonchev–Trinajstić information content (AvgIpc) is 2.66. The molecule has 7 heteroatoms. The fourth-order valence-electron chi connectivity index (χ4n) is 3.03. The van der Waals surface area contributed by atoms with Crippen LogP contribution in [-0.2, 0) is 16.1 Å². The summed E-state index contributed by atoms with van der Waals surface area (Å²) < 4.78 is 5.75. The zero-order valence-electron chi connectivity index (χ0n) is 18.0. The molecule has 0 aromatic heterocycles. The molecule has 0 aliphatic heterocycles. The Bertz CT molecular complexity index is 895. The number of carbonyl (C=O) groups is 2. The Morgan fingerprint density at radius 2 is 1.70 bits per heavy atom. The molecule has 0 saturated carbocycles. The SMILES string of the molecule is Cc1ccc(OCC(=O)N(Cc2c(Cl)cccc2Cl)[C@H](C)C(=O)NC(C)C)c(C)c1. The number of nitrogens with zero attached hydrogens (tertiary/aromatic N) is 1. The van der Waals surface area contributed by atoms with Gasteiger partial charge in [0.1, 0.15) is 11.8 Å². The first-order valence-electron chi connectivity index (χ1n) is 9.83. The topological polar surface area (TPSA) is 58.6 Å². The van der Waals surface area contributed by atoms with E-state index in [1.807, 2.05) is 45.9 Å². The van der Waals surface area contributed by atoms with Crippen LogP contribution in [0.25, 0.3) is 0 Å². The van der Waals surface area contributed by atoms with Crippen LogP contribution in [0.1, 0.15) is 37.5 Å². The van der Waals surface area contributed by atoms with Gasteiger partial charge < -0.3 is 15.0 Å². The number of halogens is 2. The van der Waals surface area contributed by atoms with Crippen LogP contribution in [0.2, 0.25) is 10.0 Å². The Balaban J connectivity index is 2.24. The van der Waals surface area contributed by atoms with Crippen LogP contribution in [0.4, 0.5) is 0 Å². The van der Waals surface area contributed by atoms with Gasteiger partial charge in [-0.05, 0) is 58.4 Å². The summed E-state index contributed by atoms with van der Waals surface area (Å²) in [5.74, 6) is 0.0365. The normalized spacial score (nSPS) is 11.9. The van der Waals surface area contributed by atoms with Gasteiger partial charge in [-0.1, -0.05) is 47.0 Å². The third-order valence-corrected chi connectivity index (χ3v) is 5.38. The highest BCUT2D eigenvalue weighted by atomic mass is 35.5. The van der Waals surface area contributed by atoms with Crippen LogP contribution >= 0.6 is 23.2 Å². The molecule has 0 aliphatic rings. The second kappa shape index (κ2) is 10.7. The van der Waals surface area contributed by atoms with Crippen molar-refractivity contribution in [1.29, 1.82) is 0 Å². The Morgan fingerprint density at radius 3 is 2.27 bits per heavy atom. The maximum atomic E-state index is 13.1. The second-order valence-corrected chi connectivity index (χ2v) is 8.43. The van der Waals surface area contributed by atoms with E-state index < -0.39 is 6.04 Å². The predicted molar refractivity (Wildman–Crippen MR) is 121 cm³/mol. The van der Waals surface area contributed by atoms with Crippen molar-refractivity contribution in [2.24, 2.45) is 0 Å².